The van der Waals surface area contributed by atoms with Crippen molar-refractivity contribution in [3.05, 3.63) is 39.9 Å². The van der Waals surface area contributed by atoms with Gasteiger partial charge in [-0.2, -0.15) is 0 Å². The van der Waals surface area contributed by atoms with Crippen molar-refractivity contribution in [2.45, 2.75) is 20.3 Å². The van der Waals surface area contributed by atoms with Crippen molar-refractivity contribution in [3.63, 3.8) is 0 Å². The van der Waals surface area contributed by atoms with E-state index in [0.29, 0.717) is 26.3 Å². The lowest BCUT2D eigenvalue weighted by Gasteiger charge is -2.23. The molecule has 0 unspecified atom stereocenters. The molecule has 23 heavy (non-hydrogen) atoms. The summed E-state index contributed by atoms with van der Waals surface area (Å²) in [6.45, 7) is 6.29. The molecule has 122 valence electrons. The number of aryl methyl sites for hydroxylation is 2. The smallest absolute Gasteiger partial charge is 0.265 e. The summed E-state index contributed by atoms with van der Waals surface area (Å²) in [5.41, 5.74) is 4.36. The number of amides is 1. The Bertz CT molecular complexity index is 671. The van der Waals surface area contributed by atoms with Gasteiger partial charge in [-0.05, 0) is 20.3 Å². The fourth-order valence-corrected chi connectivity index (χ4v) is 3.43. The Hall–Kier alpha value is -1.86. The van der Waals surface area contributed by atoms with Gasteiger partial charge in [0, 0.05) is 31.4 Å². The average molecular weight is 332 g/mol. The van der Waals surface area contributed by atoms with Gasteiger partial charge >= 0.3 is 0 Å². The average Bonchev–Trinajstić information content (AvgIpc) is 2.83. The molecule has 2 aromatic rings. The van der Waals surface area contributed by atoms with Crippen LogP contribution in [0.15, 0.2) is 17.9 Å². The van der Waals surface area contributed by atoms with Crippen LogP contribution in [-0.4, -0.2) is 52.1 Å². The van der Waals surface area contributed by atoms with Gasteiger partial charge < -0.3 is 9.64 Å². The summed E-state index contributed by atoms with van der Waals surface area (Å²) in [7, 11) is 0. The van der Waals surface area contributed by atoms with Gasteiger partial charge in [-0.3, -0.25) is 14.8 Å². The number of ether oxygens (including phenoxy) is 1. The third-order valence-corrected chi connectivity index (χ3v) is 4.81. The second-order valence-corrected chi connectivity index (χ2v) is 6.67. The minimum atomic E-state index is 0.0514. The second-order valence-electron chi connectivity index (χ2n) is 5.81. The van der Waals surface area contributed by atoms with Gasteiger partial charge in [0.1, 0.15) is 4.88 Å². The molecule has 3 heterocycles. The third kappa shape index (κ3) is 3.92. The van der Waals surface area contributed by atoms with Crippen molar-refractivity contribution in [2.75, 3.05) is 26.3 Å². The first-order valence-electron chi connectivity index (χ1n) is 7.68. The predicted molar refractivity (Wildman–Crippen MR) is 87.5 cm³/mol. The van der Waals surface area contributed by atoms with E-state index < -0.39 is 0 Å². The number of carbonyl (C=O) groups excluding carboxylic acids is 1. The minimum Gasteiger partial charge on any atom is -0.379 e. The summed E-state index contributed by atoms with van der Waals surface area (Å²) in [4.78, 5) is 28.2. The standard InChI is InChI=1S/C16H20N4O2S/c1-11-6-18-14(7-17-11)5-13-8-20(3-4-22-9-13)16(21)15-12(2)19-10-23-15/h6-7,10,13H,3-5,8-9H2,1-2H3/t13-/m0/s1. The SMILES string of the molecule is Cc1cnc(C[C@@H]2COCCN(C(=O)c3scnc3C)C2)cn1. The maximum Gasteiger partial charge on any atom is 0.265 e. The van der Waals surface area contributed by atoms with E-state index in [-0.39, 0.29) is 11.8 Å². The van der Waals surface area contributed by atoms with Gasteiger partial charge in [-0.1, -0.05) is 0 Å². The van der Waals surface area contributed by atoms with Gasteiger partial charge in [0.15, 0.2) is 0 Å². The van der Waals surface area contributed by atoms with E-state index >= 15 is 0 Å². The number of aromatic nitrogens is 3. The number of hydrogen-bond acceptors (Lipinski definition) is 6. The lowest BCUT2D eigenvalue weighted by atomic mass is 10.0. The molecule has 7 heteroatoms. The maximum atomic E-state index is 12.7. The molecule has 0 spiro atoms. The van der Waals surface area contributed by atoms with Crippen LogP contribution in [0, 0.1) is 19.8 Å². The van der Waals surface area contributed by atoms with Crippen LogP contribution in [0.25, 0.3) is 0 Å². The quantitative estimate of drug-likeness (QED) is 0.858. The van der Waals surface area contributed by atoms with Crippen molar-refractivity contribution in [3.8, 4) is 0 Å². The lowest BCUT2D eigenvalue weighted by molar-refractivity contribution is 0.0741. The minimum absolute atomic E-state index is 0.0514. The molecule has 0 radical (unpaired) electrons. The Balaban J connectivity index is 1.69. The molecule has 0 aliphatic carbocycles. The highest BCUT2D eigenvalue weighted by Gasteiger charge is 2.25. The van der Waals surface area contributed by atoms with E-state index in [1.54, 1.807) is 17.9 Å². The number of carbonyl (C=O) groups is 1. The van der Waals surface area contributed by atoms with Crippen molar-refractivity contribution < 1.29 is 9.53 Å². The zero-order valence-corrected chi connectivity index (χ0v) is 14.2. The second kappa shape index (κ2) is 7.14. The van der Waals surface area contributed by atoms with Crippen molar-refractivity contribution in [2.24, 2.45) is 5.92 Å². The first-order chi connectivity index (χ1) is 11.1. The largest absolute Gasteiger partial charge is 0.379 e. The molecule has 0 saturated carbocycles. The summed E-state index contributed by atoms with van der Waals surface area (Å²) < 4.78 is 5.68. The van der Waals surface area contributed by atoms with Gasteiger partial charge in [-0.25, -0.2) is 4.98 Å². The van der Waals surface area contributed by atoms with Crippen LogP contribution in [0.4, 0.5) is 0 Å². The zero-order chi connectivity index (χ0) is 16.2. The molecule has 0 bridgehead atoms. The molecule has 6 nitrogen and oxygen atoms in total. The molecular weight excluding hydrogens is 312 g/mol. The van der Waals surface area contributed by atoms with Crippen LogP contribution in [0.2, 0.25) is 0 Å². The fourth-order valence-electron chi connectivity index (χ4n) is 2.66. The molecule has 3 rings (SSSR count). The van der Waals surface area contributed by atoms with Crippen LogP contribution in [-0.2, 0) is 11.2 Å². The van der Waals surface area contributed by atoms with E-state index in [1.165, 1.54) is 11.3 Å². The number of nitrogens with zero attached hydrogens (tertiary/aromatic N) is 4. The summed E-state index contributed by atoms with van der Waals surface area (Å²) >= 11 is 1.40. The van der Waals surface area contributed by atoms with Gasteiger partial charge in [0.25, 0.3) is 5.91 Å². The third-order valence-electron chi connectivity index (χ3n) is 3.90. The van der Waals surface area contributed by atoms with Gasteiger partial charge in [-0.15, -0.1) is 11.3 Å². The topological polar surface area (TPSA) is 68.2 Å². The van der Waals surface area contributed by atoms with E-state index in [9.17, 15) is 4.79 Å². The fraction of sp³-hybridized carbons (Fsp3) is 0.500. The molecule has 0 aromatic carbocycles. The summed E-state index contributed by atoms with van der Waals surface area (Å²) in [6, 6.07) is 0. The Labute approximate surface area is 139 Å². The highest BCUT2D eigenvalue weighted by Crippen LogP contribution is 2.19. The van der Waals surface area contributed by atoms with Crippen LogP contribution in [0.3, 0.4) is 0 Å². The summed E-state index contributed by atoms with van der Waals surface area (Å²) in [5, 5.41) is 0. The van der Waals surface area contributed by atoms with Gasteiger partial charge in [0.2, 0.25) is 0 Å². The highest BCUT2D eigenvalue weighted by molar-refractivity contribution is 7.11. The number of hydrogen-bond donors (Lipinski definition) is 0. The zero-order valence-electron chi connectivity index (χ0n) is 13.4. The Morgan fingerprint density at radius 3 is 2.91 bits per heavy atom. The van der Waals surface area contributed by atoms with E-state index in [1.807, 2.05) is 18.7 Å². The maximum absolute atomic E-state index is 12.7. The Morgan fingerprint density at radius 2 is 2.22 bits per heavy atom. The van der Waals surface area contributed by atoms with Crippen LogP contribution in [0.5, 0.6) is 0 Å². The van der Waals surface area contributed by atoms with Crippen molar-refractivity contribution in [1.82, 2.24) is 19.9 Å². The predicted octanol–water partition coefficient (Wildman–Crippen LogP) is 1.88. The van der Waals surface area contributed by atoms with E-state index in [4.69, 9.17) is 4.74 Å². The first kappa shape index (κ1) is 16.0. The molecular formula is C16H20N4O2S. The summed E-state index contributed by atoms with van der Waals surface area (Å²) in [5.74, 6) is 0.280. The van der Waals surface area contributed by atoms with Crippen LogP contribution < -0.4 is 0 Å². The van der Waals surface area contributed by atoms with Crippen LogP contribution >= 0.6 is 11.3 Å². The number of thiazole rings is 1. The first-order valence-corrected chi connectivity index (χ1v) is 8.56. The Kier molecular flexibility index (Phi) is 4.97. The van der Waals surface area contributed by atoms with E-state index in [0.717, 1.165) is 28.4 Å². The number of rotatable bonds is 3. The van der Waals surface area contributed by atoms with Gasteiger partial charge in [0.05, 0.1) is 35.8 Å². The van der Waals surface area contributed by atoms with Crippen molar-refractivity contribution in [1.29, 1.82) is 0 Å². The molecule has 1 fully saturated rings. The van der Waals surface area contributed by atoms with Crippen LogP contribution in [0.1, 0.15) is 26.8 Å². The molecule has 1 aliphatic heterocycles. The monoisotopic (exact) mass is 332 g/mol. The van der Waals surface area contributed by atoms with E-state index in [2.05, 4.69) is 15.0 Å². The molecule has 2 aromatic heterocycles. The molecule has 1 aliphatic rings. The van der Waals surface area contributed by atoms with Crippen molar-refractivity contribution >= 4 is 17.2 Å². The lowest BCUT2D eigenvalue weighted by Crippen LogP contribution is -2.36. The normalized spacial score (nSPS) is 18.7. The molecule has 1 atom stereocenters. The molecule has 0 N–H and O–H groups in total. The highest BCUT2D eigenvalue weighted by atomic mass is 32.1. The Morgan fingerprint density at radius 1 is 1.35 bits per heavy atom. The molecule has 1 amide bonds. The summed E-state index contributed by atoms with van der Waals surface area (Å²) in [6.07, 6.45) is 4.34. The molecule has 1 saturated heterocycles.